The summed E-state index contributed by atoms with van der Waals surface area (Å²) in [5.74, 6) is 1.90. The molecule has 0 bridgehead atoms. The van der Waals surface area contributed by atoms with E-state index < -0.39 is 0 Å². The zero-order valence-corrected chi connectivity index (χ0v) is 19.6. The highest BCUT2D eigenvalue weighted by Gasteiger charge is 2.27. The molecule has 1 aromatic carbocycles. The number of nitrogens with zero attached hydrogens (tertiary/aromatic N) is 2. The monoisotopic (exact) mass is 523 g/mol. The van der Waals surface area contributed by atoms with E-state index in [4.69, 9.17) is 4.42 Å². The molecule has 1 fully saturated rings. The Kier molecular flexibility index (Phi) is 8.15. The number of likely N-dealkylation sites (tertiary alicyclic amines) is 1. The van der Waals surface area contributed by atoms with E-state index in [1.165, 1.54) is 18.4 Å². The van der Waals surface area contributed by atoms with Crippen molar-refractivity contribution in [2.24, 2.45) is 4.99 Å². The molecule has 8 heteroatoms. The Balaban J connectivity index is 0.00000256. The Bertz CT molecular complexity index is 849. The van der Waals surface area contributed by atoms with Crippen molar-refractivity contribution in [3.8, 4) is 0 Å². The molecule has 7 nitrogen and oxygen atoms in total. The van der Waals surface area contributed by atoms with Crippen LogP contribution in [-0.4, -0.2) is 50.0 Å². The minimum atomic E-state index is 0. The number of aliphatic imine (C=N–C) groups is 1. The summed E-state index contributed by atoms with van der Waals surface area (Å²) in [6, 6.07) is 12.2. The van der Waals surface area contributed by atoms with Crippen LogP contribution < -0.4 is 16.0 Å². The Hall–Kier alpha value is -2.07. The Morgan fingerprint density at radius 3 is 2.77 bits per heavy atom. The number of carbonyl (C=O) groups is 1. The first-order valence-corrected chi connectivity index (χ1v) is 10.4. The zero-order chi connectivity index (χ0) is 20.1. The van der Waals surface area contributed by atoms with Gasteiger partial charge in [-0.1, -0.05) is 18.2 Å². The number of halogens is 1. The van der Waals surface area contributed by atoms with E-state index in [1.807, 2.05) is 30.3 Å². The third-order valence-electron chi connectivity index (χ3n) is 5.76. The van der Waals surface area contributed by atoms with Crippen molar-refractivity contribution in [3.05, 3.63) is 54.0 Å². The maximum Gasteiger partial charge on any atom is 0.225 e. The van der Waals surface area contributed by atoms with Gasteiger partial charge in [0.1, 0.15) is 5.76 Å². The van der Waals surface area contributed by atoms with E-state index >= 15 is 0 Å². The highest BCUT2D eigenvalue weighted by atomic mass is 127. The van der Waals surface area contributed by atoms with E-state index in [-0.39, 0.29) is 41.8 Å². The van der Waals surface area contributed by atoms with Gasteiger partial charge >= 0.3 is 0 Å². The predicted molar refractivity (Wildman–Crippen MR) is 129 cm³/mol. The smallest absolute Gasteiger partial charge is 0.225 e. The molecule has 0 aliphatic carbocycles. The lowest BCUT2D eigenvalue weighted by Gasteiger charge is -2.28. The summed E-state index contributed by atoms with van der Waals surface area (Å²) in [6.45, 7) is 3.55. The van der Waals surface area contributed by atoms with Crippen LogP contribution in [0.25, 0.3) is 0 Å². The minimum Gasteiger partial charge on any atom is -0.468 e. The van der Waals surface area contributed by atoms with Crippen LogP contribution in [0.4, 0.5) is 5.69 Å². The molecule has 3 heterocycles. The van der Waals surface area contributed by atoms with Crippen molar-refractivity contribution >= 4 is 41.5 Å². The first-order chi connectivity index (χ1) is 14.2. The fourth-order valence-electron chi connectivity index (χ4n) is 4.26. The molecule has 0 saturated carbocycles. The number of anilines is 1. The van der Waals surface area contributed by atoms with Gasteiger partial charge in [-0.15, -0.1) is 24.0 Å². The molecule has 0 radical (unpaired) electrons. The maximum atomic E-state index is 12.0. The fourth-order valence-corrected chi connectivity index (χ4v) is 4.26. The normalized spacial score (nSPS) is 20.1. The lowest BCUT2D eigenvalue weighted by atomic mass is 9.90. The van der Waals surface area contributed by atoms with Crippen LogP contribution in [0.2, 0.25) is 0 Å². The van der Waals surface area contributed by atoms with Gasteiger partial charge in [0.2, 0.25) is 5.91 Å². The molecule has 1 saturated heterocycles. The maximum absolute atomic E-state index is 12.0. The summed E-state index contributed by atoms with van der Waals surface area (Å²) >= 11 is 0. The van der Waals surface area contributed by atoms with Gasteiger partial charge in [-0.05, 0) is 49.7 Å². The van der Waals surface area contributed by atoms with Crippen molar-refractivity contribution in [2.75, 3.05) is 38.5 Å². The van der Waals surface area contributed by atoms with Gasteiger partial charge in [0.05, 0.1) is 12.3 Å². The van der Waals surface area contributed by atoms with Crippen molar-refractivity contribution < 1.29 is 9.21 Å². The number of fused-ring (bicyclic) bond motifs is 1. The summed E-state index contributed by atoms with van der Waals surface area (Å²) in [5.41, 5.74) is 2.07. The lowest BCUT2D eigenvalue weighted by molar-refractivity contribution is -0.116. The highest BCUT2D eigenvalue weighted by molar-refractivity contribution is 14.0. The molecule has 0 spiro atoms. The third-order valence-corrected chi connectivity index (χ3v) is 5.76. The van der Waals surface area contributed by atoms with Gasteiger partial charge in [-0.2, -0.15) is 0 Å². The second kappa shape index (κ2) is 10.8. The number of hydrogen-bond donors (Lipinski definition) is 3. The number of amides is 1. The standard InChI is InChI=1S/C22H29N5O2.HI/c1-23-22(24-14-16-13-21(28)26-18-8-3-2-7-17(16)18)25-15-19(20-9-6-12-29-20)27-10-4-5-11-27;/h2-3,6-9,12,16,19H,4-5,10-11,13-15H2,1H3,(H,26,28)(H2,23,24,25);1H. The molecule has 2 aliphatic heterocycles. The van der Waals surface area contributed by atoms with E-state index in [1.54, 1.807) is 13.3 Å². The summed E-state index contributed by atoms with van der Waals surface area (Å²) in [6.07, 6.45) is 4.67. The van der Waals surface area contributed by atoms with Gasteiger partial charge in [-0.25, -0.2) is 0 Å². The summed E-state index contributed by atoms with van der Waals surface area (Å²) in [7, 11) is 1.77. The largest absolute Gasteiger partial charge is 0.468 e. The van der Waals surface area contributed by atoms with E-state index in [0.717, 1.165) is 37.0 Å². The molecule has 30 heavy (non-hydrogen) atoms. The molecule has 162 valence electrons. The Labute approximate surface area is 194 Å². The number of guanidine groups is 1. The molecule has 3 N–H and O–H groups in total. The molecule has 2 atom stereocenters. The number of hydrogen-bond acceptors (Lipinski definition) is 4. The molecule has 1 aromatic heterocycles. The van der Waals surface area contributed by atoms with Crippen LogP contribution in [-0.2, 0) is 4.79 Å². The molecule has 4 rings (SSSR count). The number of rotatable bonds is 6. The van der Waals surface area contributed by atoms with Crippen molar-refractivity contribution in [1.82, 2.24) is 15.5 Å². The number of nitrogens with one attached hydrogen (secondary N) is 3. The van der Waals surface area contributed by atoms with E-state index in [2.05, 4.69) is 31.9 Å². The van der Waals surface area contributed by atoms with Crippen LogP contribution in [0.1, 0.15) is 42.5 Å². The second-order valence-corrected chi connectivity index (χ2v) is 7.64. The number of para-hydroxylation sites is 1. The van der Waals surface area contributed by atoms with Crippen LogP contribution in [0.15, 0.2) is 52.1 Å². The SMILES string of the molecule is CN=C(NCC1CC(=O)Nc2ccccc21)NCC(c1ccco1)N1CCCC1.I. The van der Waals surface area contributed by atoms with Gasteiger partial charge in [0.25, 0.3) is 0 Å². The summed E-state index contributed by atoms with van der Waals surface area (Å²) < 4.78 is 5.69. The van der Waals surface area contributed by atoms with Gasteiger partial charge in [-0.3, -0.25) is 14.7 Å². The quantitative estimate of drug-likeness (QED) is 0.308. The fraction of sp³-hybridized carbons (Fsp3) is 0.455. The van der Waals surface area contributed by atoms with Gasteiger partial charge in [0.15, 0.2) is 5.96 Å². The predicted octanol–water partition coefficient (Wildman–Crippen LogP) is 3.33. The molecular formula is C22H30IN5O2. The summed E-state index contributed by atoms with van der Waals surface area (Å²) in [4.78, 5) is 18.9. The molecular weight excluding hydrogens is 493 g/mol. The third kappa shape index (κ3) is 5.34. The number of benzene rings is 1. The van der Waals surface area contributed by atoms with Crippen LogP contribution in [0.5, 0.6) is 0 Å². The van der Waals surface area contributed by atoms with Crippen molar-refractivity contribution in [3.63, 3.8) is 0 Å². The highest BCUT2D eigenvalue weighted by Crippen LogP contribution is 2.31. The molecule has 2 aliphatic rings. The van der Waals surface area contributed by atoms with Gasteiger partial charge in [0, 0.05) is 38.2 Å². The minimum absolute atomic E-state index is 0. The second-order valence-electron chi connectivity index (χ2n) is 7.64. The van der Waals surface area contributed by atoms with E-state index in [9.17, 15) is 4.79 Å². The zero-order valence-electron chi connectivity index (χ0n) is 17.3. The number of carbonyl (C=O) groups excluding carboxylic acids is 1. The van der Waals surface area contributed by atoms with Crippen molar-refractivity contribution in [2.45, 2.75) is 31.2 Å². The average Bonchev–Trinajstić information content (AvgIpc) is 3.45. The molecule has 1 amide bonds. The van der Waals surface area contributed by atoms with Gasteiger partial charge < -0.3 is 20.4 Å². The molecule has 2 unspecified atom stereocenters. The molecule has 2 aromatic rings. The van der Waals surface area contributed by atoms with Crippen molar-refractivity contribution in [1.29, 1.82) is 0 Å². The van der Waals surface area contributed by atoms with Crippen LogP contribution in [0.3, 0.4) is 0 Å². The van der Waals surface area contributed by atoms with Crippen LogP contribution in [0, 0.1) is 0 Å². The first-order valence-electron chi connectivity index (χ1n) is 10.4. The Morgan fingerprint density at radius 1 is 1.23 bits per heavy atom. The van der Waals surface area contributed by atoms with E-state index in [0.29, 0.717) is 13.0 Å². The average molecular weight is 523 g/mol. The number of furan rings is 1. The topological polar surface area (TPSA) is 81.9 Å². The first kappa shape index (κ1) is 22.6. The summed E-state index contributed by atoms with van der Waals surface area (Å²) in [5, 5.41) is 9.80. The van der Waals surface area contributed by atoms with Crippen LogP contribution >= 0.6 is 24.0 Å². The lowest BCUT2D eigenvalue weighted by Crippen LogP contribution is -2.44. The Morgan fingerprint density at radius 2 is 2.03 bits per heavy atom.